The second-order valence-electron chi connectivity index (χ2n) is 7.64. The SMILES string of the molecule is O=C1C[C@H](O)[C@@]23Oc4ccc(O)c5c4[C@](Oc4cccc1c42)(O3)[C@H]1O[C@H]1C5=O. The molecule has 7 rings (SSSR count). The summed E-state index contributed by atoms with van der Waals surface area (Å²) in [6.45, 7) is 0. The number of phenols is 1. The normalized spacial score (nSPS) is 37.8. The van der Waals surface area contributed by atoms with Gasteiger partial charge in [0.15, 0.2) is 23.8 Å². The summed E-state index contributed by atoms with van der Waals surface area (Å²) < 4.78 is 24.3. The molecule has 8 nitrogen and oxygen atoms in total. The van der Waals surface area contributed by atoms with Crippen LogP contribution in [0.25, 0.3) is 0 Å². The Morgan fingerprint density at radius 1 is 1.00 bits per heavy atom. The van der Waals surface area contributed by atoms with E-state index in [0.29, 0.717) is 16.9 Å². The van der Waals surface area contributed by atoms with Gasteiger partial charge in [-0.05, 0) is 18.2 Å². The second-order valence-corrected chi connectivity index (χ2v) is 7.64. The molecule has 28 heavy (non-hydrogen) atoms. The molecule has 0 saturated carbocycles. The van der Waals surface area contributed by atoms with Gasteiger partial charge in [-0.2, -0.15) is 0 Å². The Kier molecular flexibility index (Phi) is 2.27. The van der Waals surface area contributed by atoms with Gasteiger partial charge in [0.25, 0.3) is 11.6 Å². The molecule has 2 aliphatic carbocycles. The molecule has 1 saturated heterocycles. The van der Waals surface area contributed by atoms with Gasteiger partial charge in [0.05, 0.1) is 16.7 Å². The third-order valence-corrected chi connectivity index (χ3v) is 6.18. The molecule has 5 atom stereocenters. The number of hydrogen-bond donors (Lipinski definition) is 2. The van der Waals surface area contributed by atoms with E-state index in [-0.39, 0.29) is 40.6 Å². The molecule has 2 spiro atoms. The van der Waals surface area contributed by atoms with Crippen molar-refractivity contribution in [3.63, 3.8) is 0 Å². The van der Waals surface area contributed by atoms with Crippen LogP contribution >= 0.6 is 0 Å². The predicted molar refractivity (Wildman–Crippen MR) is 88.2 cm³/mol. The van der Waals surface area contributed by atoms with Gasteiger partial charge in [-0.3, -0.25) is 14.3 Å². The summed E-state index contributed by atoms with van der Waals surface area (Å²) >= 11 is 0. The lowest BCUT2D eigenvalue weighted by Gasteiger charge is -2.55. The molecule has 3 aliphatic heterocycles. The summed E-state index contributed by atoms with van der Waals surface area (Å²) in [7, 11) is 0. The highest BCUT2D eigenvalue weighted by molar-refractivity contribution is 6.07. The van der Waals surface area contributed by atoms with Crippen molar-refractivity contribution < 1.29 is 38.7 Å². The quantitative estimate of drug-likeness (QED) is 0.654. The van der Waals surface area contributed by atoms with Crippen LogP contribution in [-0.2, 0) is 21.0 Å². The van der Waals surface area contributed by atoms with Crippen LogP contribution in [0.1, 0.15) is 38.3 Å². The van der Waals surface area contributed by atoms with Crippen LogP contribution in [0.5, 0.6) is 17.2 Å². The van der Waals surface area contributed by atoms with Crippen molar-refractivity contribution in [3.05, 3.63) is 52.6 Å². The second kappa shape index (κ2) is 4.22. The molecule has 3 heterocycles. The van der Waals surface area contributed by atoms with Gasteiger partial charge < -0.3 is 24.4 Å². The number of carbonyl (C=O) groups excluding carboxylic acids is 2. The minimum atomic E-state index is -1.67. The zero-order valence-corrected chi connectivity index (χ0v) is 14.2. The Morgan fingerprint density at radius 2 is 1.79 bits per heavy atom. The van der Waals surface area contributed by atoms with E-state index in [1.807, 2.05) is 0 Å². The standard InChI is InChI=1S/C20H12O8/c21-8-4-5-11-15-13(8)16(24)17-18(25-17)20(15)27-10-3-1-2-7-9(22)6-12(23)19(26-11,28-20)14(7)10/h1-5,12,17-18,21,23H,6H2/t12-,17-,18-,19-,20-/m0/s1. The summed E-state index contributed by atoms with van der Waals surface area (Å²) in [6, 6.07) is 7.84. The average Bonchev–Trinajstić information content (AvgIpc) is 3.48. The fraction of sp³-hybridized carbons (Fsp3) is 0.300. The van der Waals surface area contributed by atoms with Crippen LogP contribution in [0.4, 0.5) is 0 Å². The van der Waals surface area contributed by atoms with Gasteiger partial charge in [-0.15, -0.1) is 0 Å². The molecule has 0 amide bonds. The number of aliphatic hydroxyl groups is 1. The highest BCUT2D eigenvalue weighted by Crippen LogP contribution is 2.64. The summed E-state index contributed by atoms with van der Waals surface area (Å²) in [5.41, 5.74) is 0.980. The minimum Gasteiger partial charge on any atom is -0.507 e. The van der Waals surface area contributed by atoms with Crippen molar-refractivity contribution in [1.82, 2.24) is 0 Å². The zero-order chi connectivity index (χ0) is 19.0. The number of Topliss-reactive ketones (excluding diaryl/α,β-unsaturated/α-hetero) is 2. The predicted octanol–water partition coefficient (Wildman–Crippen LogP) is 1.11. The lowest BCUT2D eigenvalue weighted by atomic mass is 9.77. The van der Waals surface area contributed by atoms with Crippen molar-refractivity contribution in [2.45, 2.75) is 36.3 Å². The number of ketones is 2. The van der Waals surface area contributed by atoms with Crippen molar-refractivity contribution in [3.8, 4) is 17.2 Å². The third kappa shape index (κ3) is 1.38. The molecule has 140 valence electrons. The van der Waals surface area contributed by atoms with Crippen LogP contribution in [0, 0.1) is 0 Å². The summed E-state index contributed by atoms with van der Waals surface area (Å²) in [6.07, 6.45) is -3.01. The number of ether oxygens (including phenoxy) is 4. The van der Waals surface area contributed by atoms with Crippen molar-refractivity contribution in [2.75, 3.05) is 0 Å². The molecule has 5 aliphatic rings. The molecular weight excluding hydrogens is 368 g/mol. The molecule has 1 fully saturated rings. The van der Waals surface area contributed by atoms with Crippen LogP contribution in [0.15, 0.2) is 30.3 Å². The molecular formula is C20H12O8. The van der Waals surface area contributed by atoms with Gasteiger partial charge in [0, 0.05) is 12.0 Å². The fourth-order valence-electron chi connectivity index (χ4n) is 4.98. The molecule has 2 aromatic rings. The highest BCUT2D eigenvalue weighted by atomic mass is 16.8. The Hall–Kier alpha value is -2.94. The Labute approximate surface area is 157 Å². The van der Waals surface area contributed by atoms with Crippen LogP contribution in [0.3, 0.4) is 0 Å². The van der Waals surface area contributed by atoms with Crippen LogP contribution in [-0.4, -0.2) is 40.1 Å². The maximum Gasteiger partial charge on any atom is 0.274 e. The van der Waals surface area contributed by atoms with Crippen molar-refractivity contribution in [2.24, 2.45) is 0 Å². The maximum absolute atomic E-state index is 12.7. The fourth-order valence-corrected chi connectivity index (χ4v) is 4.98. The van der Waals surface area contributed by atoms with E-state index >= 15 is 0 Å². The highest BCUT2D eigenvalue weighted by Gasteiger charge is 2.75. The first-order chi connectivity index (χ1) is 13.5. The Balaban J connectivity index is 1.61. The number of hydrogen-bond acceptors (Lipinski definition) is 8. The first-order valence-electron chi connectivity index (χ1n) is 8.95. The van der Waals surface area contributed by atoms with Gasteiger partial charge in [0.1, 0.15) is 23.4 Å². The van der Waals surface area contributed by atoms with Gasteiger partial charge in [-0.1, -0.05) is 12.1 Å². The smallest absolute Gasteiger partial charge is 0.274 e. The summed E-state index contributed by atoms with van der Waals surface area (Å²) in [5, 5.41) is 21.2. The van der Waals surface area contributed by atoms with E-state index in [1.165, 1.54) is 12.1 Å². The van der Waals surface area contributed by atoms with E-state index in [0.717, 1.165) is 0 Å². The molecule has 0 radical (unpaired) electrons. The molecule has 2 bridgehead atoms. The number of aliphatic hydroxyl groups excluding tert-OH is 1. The molecule has 0 aromatic heterocycles. The van der Waals surface area contributed by atoms with E-state index in [2.05, 4.69) is 0 Å². The lowest BCUT2D eigenvalue weighted by Crippen LogP contribution is -2.65. The van der Waals surface area contributed by atoms with Crippen molar-refractivity contribution >= 4 is 11.6 Å². The number of fused-ring (bicyclic) bond motifs is 1. The number of benzene rings is 2. The first kappa shape index (κ1) is 15.0. The number of phenolic OH excluding ortho intramolecular Hbond substituents is 1. The topological polar surface area (TPSA) is 115 Å². The van der Waals surface area contributed by atoms with Crippen molar-refractivity contribution in [1.29, 1.82) is 0 Å². The van der Waals surface area contributed by atoms with E-state index in [1.54, 1.807) is 18.2 Å². The number of aromatic hydroxyl groups is 1. The summed E-state index contributed by atoms with van der Waals surface area (Å²) in [4.78, 5) is 25.2. The molecule has 2 N–H and O–H groups in total. The zero-order valence-electron chi connectivity index (χ0n) is 14.2. The molecule has 0 unspecified atom stereocenters. The largest absolute Gasteiger partial charge is 0.507 e. The average molecular weight is 380 g/mol. The Morgan fingerprint density at radius 3 is 2.64 bits per heavy atom. The Bertz CT molecular complexity index is 1160. The molecule has 8 heteroatoms. The van der Waals surface area contributed by atoms with Crippen LogP contribution in [0.2, 0.25) is 0 Å². The van der Waals surface area contributed by atoms with Gasteiger partial charge in [-0.25, -0.2) is 0 Å². The molecule has 2 aromatic carbocycles. The lowest BCUT2D eigenvalue weighted by molar-refractivity contribution is -0.388. The minimum absolute atomic E-state index is 0.0343. The van der Waals surface area contributed by atoms with E-state index < -0.39 is 29.9 Å². The van der Waals surface area contributed by atoms with Crippen LogP contribution < -0.4 is 9.47 Å². The number of rotatable bonds is 0. The maximum atomic E-state index is 12.7. The number of carbonyl (C=O) groups is 2. The summed E-state index contributed by atoms with van der Waals surface area (Å²) in [5.74, 6) is -3.49. The number of epoxide rings is 1. The third-order valence-electron chi connectivity index (χ3n) is 6.18. The van der Waals surface area contributed by atoms with Gasteiger partial charge >= 0.3 is 0 Å². The van der Waals surface area contributed by atoms with E-state index in [4.69, 9.17) is 18.9 Å². The van der Waals surface area contributed by atoms with E-state index in [9.17, 15) is 19.8 Å². The first-order valence-corrected chi connectivity index (χ1v) is 8.95. The van der Waals surface area contributed by atoms with Gasteiger partial charge in [0.2, 0.25) is 0 Å². The monoisotopic (exact) mass is 380 g/mol.